The third-order valence-electron chi connectivity index (χ3n) is 5.49. The molecule has 8 heteroatoms. The number of nitrogens with zero attached hydrogens (tertiary/aromatic N) is 3. The van der Waals surface area contributed by atoms with Crippen molar-refractivity contribution >= 4 is 24.3 Å². The first-order valence-electron chi connectivity index (χ1n) is 11.9. The van der Waals surface area contributed by atoms with Crippen molar-refractivity contribution in [3.8, 4) is 0 Å². The molecule has 0 aliphatic carbocycles. The van der Waals surface area contributed by atoms with Gasteiger partial charge in [0.25, 0.3) is 0 Å². The normalized spacial score (nSPS) is 19.9. The van der Waals surface area contributed by atoms with E-state index in [0.717, 1.165) is 44.3 Å². The van der Waals surface area contributed by atoms with Crippen molar-refractivity contribution < 1.29 is 19.0 Å². The summed E-state index contributed by atoms with van der Waals surface area (Å²) in [4.78, 5) is 18.3. The van der Waals surface area contributed by atoms with Gasteiger partial charge in [0.15, 0.2) is 0 Å². The van der Waals surface area contributed by atoms with Crippen LogP contribution in [0.15, 0.2) is 28.8 Å². The first-order valence-corrected chi connectivity index (χ1v) is 12.8. The summed E-state index contributed by atoms with van der Waals surface area (Å²) in [6.07, 6.45) is 6.22. The Kier molecular flexibility index (Phi) is 11.4. The zero-order valence-corrected chi connectivity index (χ0v) is 21.3. The quantitative estimate of drug-likeness (QED) is 0.186. The number of hydrogen-bond acceptors (Lipinski definition) is 7. The maximum Gasteiger partial charge on any atom is 0.410 e. The van der Waals surface area contributed by atoms with Gasteiger partial charge in [0.2, 0.25) is 5.88 Å². The highest BCUT2D eigenvalue weighted by Gasteiger charge is 2.27. The molecule has 0 bridgehead atoms. The van der Waals surface area contributed by atoms with Crippen LogP contribution in [0, 0.1) is 0 Å². The molecule has 32 heavy (non-hydrogen) atoms. The van der Waals surface area contributed by atoms with Gasteiger partial charge in [0.1, 0.15) is 18.0 Å². The highest BCUT2D eigenvalue weighted by Crippen LogP contribution is 2.27. The zero-order chi connectivity index (χ0) is 23.5. The van der Waals surface area contributed by atoms with Gasteiger partial charge in [0, 0.05) is 51.0 Å². The Morgan fingerprint density at radius 1 is 1.12 bits per heavy atom. The number of rotatable bonds is 10. The van der Waals surface area contributed by atoms with Crippen LogP contribution in [0.5, 0.6) is 0 Å². The average molecular weight is 468 g/mol. The molecule has 2 fully saturated rings. The van der Waals surface area contributed by atoms with Gasteiger partial charge < -0.3 is 19.1 Å². The number of amides is 1. The molecule has 0 aromatic heterocycles. The molecular weight excluding hydrogens is 426 g/mol. The predicted molar refractivity (Wildman–Crippen MR) is 132 cm³/mol. The largest absolute Gasteiger partial charge is 0.490 e. The summed E-state index contributed by atoms with van der Waals surface area (Å²) in [5.41, 5.74) is 0.826. The van der Waals surface area contributed by atoms with Crippen LogP contribution in [-0.2, 0) is 14.2 Å². The van der Waals surface area contributed by atoms with Crippen LogP contribution < -0.4 is 0 Å². The van der Waals surface area contributed by atoms with Crippen molar-refractivity contribution in [3.05, 3.63) is 23.8 Å². The first kappa shape index (κ1) is 26.6. The second-order valence-electron chi connectivity index (χ2n) is 8.56. The Morgan fingerprint density at radius 2 is 1.72 bits per heavy atom. The molecule has 0 radical (unpaired) electrons. The Bertz CT molecular complexity index is 664. The minimum atomic E-state index is -0.252. The van der Waals surface area contributed by atoms with Gasteiger partial charge in [-0.3, -0.25) is 4.31 Å². The molecule has 182 valence electrons. The van der Waals surface area contributed by atoms with Gasteiger partial charge in [-0.2, -0.15) is 0 Å². The van der Waals surface area contributed by atoms with Crippen LogP contribution in [-0.4, -0.2) is 71.8 Å². The maximum absolute atomic E-state index is 12.1. The average Bonchev–Trinajstić information content (AvgIpc) is 2.77. The van der Waals surface area contributed by atoms with Crippen LogP contribution in [0.25, 0.3) is 0 Å². The molecule has 0 unspecified atom stereocenters. The van der Waals surface area contributed by atoms with Gasteiger partial charge in [-0.15, -0.1) is 0 Å². The molecule has 2 aliphatic rings. The van der Waals surface area contributed by atoms with Crippen LogP contribution in [0.3, 0.4) is 0 Å². The van der Waals surface area contributed by atoms with Crippen molar-refractivity contribution in [1.82, 2.24) is 9.21 Å². The van der Waals surface area contributed by atoms with Gasteiger partial charge in [-0.25, -0.2) is 9.79 Å². The number of allylic oxidation sites excluding steroid dienone is 1. The number of likely N-dealkylation sites (tertiary alicyclic amines) is 1. The topological polar surface area (TPSA) is 63.6 Å². The van der Waals surface area contributed by atoms with Crippen LogP contribution in [0.2, 0.25) is 0 Å². The fraction of sp³-hybridized carbons (Fsp3) is 0.750. The first-order chi connectivity index (χ1) is 15.3. The molecule has 0 aromatic rings. The van der Waals surface area contributed by atoms with E-state index in [2.05, 4.69) is 22.8 Å². The number of piperidine rings is 2. The summed E-state index contributed by atoms with van der Waals surface area (Å²) < 4.78 is 20.2. The number of ether oxygens (including phenoxy) is 3. The second kappa shape index (κ2) is 13.8. The van der Waals surface area contributed by atoms with E-state index < -0.39 is 0 Å². The number of carbonyl (C=O) groups excluding carboxylic acids is 1. The van der Waals surface area contributed by atoms with Crippen molar-refractivity contribution in [2.75, 3.05) is 31.9 Å². The summed E-state index contributed by atoms with van der Waals surface area (Å²) in [7, 11) is 0. The van der Waals surface area contributed by atoms with Crippen molar-refractivity contribution in [2.45, 2.75) is 85.0 Å². The molecule has 0 aromatic carbocycles. The molecule has 2 rings (SSSR count). The Labute approximate surface area is 198 Å². The van der Waals surface area contributed by atoms with E-state index in [9.17, 15) is 4.79 Å². The van der Waals surface area contributed by atoms with Crippen molar-refractivity contribution in [3.63, 3.8) is 0 Å². The van der Waals surface area contributed by atoms with Crippen LogP contribution in [0.1, 0.15) is 66.7 Å². The molecule has 0 saturated carbocycles. The highest BCUT2D eigenvalue weighted by molar-refractivity contribution is 7.97. The molecular formula is C24H41N3O4S. The molecule has 2 heterocycles. The van der Waals surface area contributed by atoms with Gasteiger partial charge in [-0.1, -0.05) is 25.5 Å². The monoisotopic (exact) mass is 467 g/mol. The summed E-state index contributed by atoms with van der Waals surface area (Å²) in [5.74, 6) is 2.35. The van der Waals surface area contributed by atoms with Crippen molar-refractivity contribution in [2.24, 2.45) is 4.99 Å². The Hall–Kier alpha value is -1.67. The minimum Gasteiger partial charge on any atom is -0.490 e. The lowest BCUT2D eigenvalue weighted by Gasteiger charge is -2.33. The Morgan fingerprint density at radius 3 is 2.28 bits per heavy atom. The number of hydrogen-bond donors (Lipinski definition) is 0. The molecule has 0 atom stereocenters. The molecule has 0 spiro atoms. The minimum absolute atomic E-state index is 0.00150. The summed E-state index contributed by atoms with van der Waals surface area (Å²) in [5, 5.41) is 0. The van der Waals surface area contributed by atoms with Gasteiger partial charge >= 0.3 is 6.09 Å². The van der Waals surface area contributed by atoms with E-state index in [1.807, 2.05) is 39.6 Å². The molecule has 2 aliphatic heterocycles. The van der Waals surface area contributed by atoms with E-state index in [4.69, 9.17) is 14.2 Å². The molecule has 2 saturated heterocycles. The van der Waals surface area contributed by atoms with E-state index in [-0.39, 0.29) is 24.4 Å². The standard InChI is InChI=1S/C24H41N3O4S/c1-7-17-32-27-15-11-21(12-16-27)30-20(6)19(5)23(25-8-2)31-22-9-13-26(14-10-22)24(28)29-18(3)4/h8,18,21-22H,6-7,9-17H2,1-5H3/b23-19+,25-8-. The van der Waals surface area contributed by atoms with E-state index >= 15 is 0 Å². The lowest BCUT2D eigenvalue weighted by atomic mass is 10.1. The SMILES string of the molecule is C=C(OC1CCN(SCCC)CC1)/C(C)=C(\N=C/C)OC1CCN(C(=O)OC(C)C)CC1. The summed E-state index contributed by atoms with van der Waals surface area (Å²) in [6, 6.07) is 0. The molecule has 7 nitrogen and oxygen atoms in total. The predicted octanol–water partition coefficient (Wildman–Crippen LogP) is 5.39. The maximum atomic E-state index is 12.1. The van der Waals surface area contributed by atoms with Gasteiger partial charge in [-0.05, 0) is 47.0 Å². The number of carbonyl (C=O) groups is 1. The smallest absolute Gasteiger partial charge is 0.410 e. The molecule has 1 amide bonds. The van der Waals surface area contributed by atoms with Crippen molar-refractivity contribution in [1.29, 1.82) is 0 Å². The van der Waals surface area contributed by atoms with E-state index in [0.29, 0.717) is 24.7 Å². The second-order valence-corrected chi connectivity index (χ2v) is 9.74. The summed E-state index contributed by atoms with van der Waals surface area (Å²) >= 11 is 1.93. The number of aliphatic imine (C=N–C) groups is 1. The highest BCUT2D eigenvalue weighted by atomic mass is 32.2. The fourth-order valence-corrected chi connectivity index (χ4v) is 4.54. The molecule has 0 N–H and O–H groups in total. The van der Waals surface area contributed by atoms with Crippen LogP contribution in [0.4, 0.5) is 4.79 Å². The lowest BCUT2D eigenvalue weighted by molar-refractivity contribution is 0.0292. The van der Waals surface area contributed by atoms with Crippen LogP contribution >= 0.6 is 11.9 Å². The van der Waals surface area contributed by atoms with E-state index in [1.54, 1.807) is 11.1 Å². The van der Waals surface area contributed by atoms with Gasteiger partial charge in [0.05, 0.1) is 11.7 Å². The van der Waals surface area contributed by atoms with E-state index in [1.165, 1.54) is 12.2 Å². The third kappa shape index (κ3) is 8.70. The zero-order valence-electron chi connectivity index (χ0n) is 20.5. The fourth-order valence-electron chi connectivity index (χ4n) is 3.63. The third-order valence-corrected chi connectivity index (χ3v) is 6.81. The summed E-state index contributed by atoms with van der Waals surface area (Å²) in [6.45, 7) is 17.2. The lowest BCUT2D eigenvalue weighted by Crippen LogP contribution is -2.41. The Balaban J connectivity index is 1.87.